The fourth-order valence-electron chi connectivity index (χ4n) is 3.15. The molecular formula is C18H22N2O6S. The number of amides is 1. The largest absolute Gasteiger partial charge is 0.493 e. The topological polar surface area (TPSA) is 98.1 Å². The maximum Gasteiger partial charge on any atom is 0.254 e. The van der Waals surface area contributed by atoms with Gasteiger partial charge in [-0.1, -0.05) is 0 Å². The van der Waals surface area contributed by atoms with E-state index in [-0.39, 0.29) is 23.1 Å². The number of likely N-dealkylation sites (tertiary alicyclic amines) is 1. The number of nitrogens with zero attached hydrogens (tertiary/aromatic N) is 1. The van der Waals surface area contributed by atoms with Gasteiger partial charge in [0.1, 0.15) is 0 Å². The molecule has 1 aliphatic heterocycles. The van der Waals surface area contributed by atoms with Crippen LogP contribution in [0.2, 0.25) is 0 Å². The summed E-state index contributed by atoms with van der Waals surface area (Å²) in [5, 5.41) is 0. The zero-order valence-electron chi connectivity index (χ0n) is 15.4. The van der Waals surface area contributed by atoms with Crippen molar-refractivity contribution < 1.29 is 27.1 Å². The fraction of sp³-hybridized carbons (Fsp3) is 0.389. The first-order chi connectivity index (χ1) is 12.8. The molecule has 0 spiro atoms. The van der Waals surface area contributed by atoms with Gasteiger partial charge in [0.25, 0.3) is 5.91 Å². The van der Waals surface area contributed by atoms with E-state index < -0.39 is 10.0 Å². The lowest BCUT2D eigenvalue weighted by molar-refractivity contribution is 0.0500. The summed E-state index contributed by atoms with van der Waals surface area (Å²) in [4.78, 5) is 14.5. The molecule has 1 fully saturated rings. The SMILES string of the molecule is COc1cc(C(=O)N2CC(Cc3ccoc3)C2)cc(NS(C)(=O)=O)c1OC. The molecule has 0 radical (unpaired) electrons. The Morgan fingerprint density at radius 2 is 2.04 bits per heavy atom. The van der Waals surface area contributed by atoms with Crippen LogP contribution < -0.4 is 14.2 Å². The normalized spacial score (nSPS) is 14.6. The third-order valence-electron chi connectivity index (χ3n) is 4.37. The Balaban J connectivity index is 1.77. The van der Waals surface area contributed by atoms with E-state index in [1.807, 2.05) is 6.07 Å². The van der Waals surface area contributed by atoms with Crippen LogP contribution in [0.5, 0.6) is 11.5 Å². The molecule has 3 rings (SSSR count). The molecular weight excluding hydrogens is 372 g/mol. The van der Waals surface area contributed by atoms with E-state index in [1.165, 1.54) is 20.3 Å². The molecule has 2 heterocycles. The van der Waals surface area contributed by atoms with Crippen molar-refractivity contribution in [2.24, 2.45) is 5.92 Å². The average Bonchev–Trinajstić information content (AvgIpc) is 3.08. The zero-order valence-corrected chi connectivity index (χ0v) is 16.2. The first-order valence-corrected chi connectivity index (χ1v) is 10.2. The highest BCUT2D eigenvalue weighted by Crippen LogP contribution is 2.38. The summed E-state index contributed by atoms with van der Waals surface area (Å²) in [5.41, 5.74) is 1.61. The average molecular weight is 394 g/mol. The zero-order chi connectivity index (χ0) is 19.6. The molecule has 0 saturated carbocycles. The number of benzene rings is 1. The first-order valence-electron chi connectivity index (χ1n) is 8.35. The lowest BCUT2D eigenvalue weighted by Gasteiger charge is -2.39. The Hall–Kier alpha value is -2.68. The van der Waals surface area contributed by atoms with Crippen LogP contribution in [-0.2, 0) is 16.4 Å². The van der Waals surface area contributed by atoms with Gasteiger partial charge in [-0.2, -0.15) is 0 Å². The summed E-state index contributed by atoms with van der Waals surface area (Å²) >= 11 is 0. The minimum atomic E-state index is -3.55. The number of methoxy groups -OCH3 is 2. The molecule has 1 aromatic heterocycles. The van der Waals surface area contributed by atoms with E-state index in [0.29, 0.717) is 24.6 Å². The Kier molecular flexibility index (Phi) is 5.31. The summed E-state index contributed by atoms with van der Waals surface area (Å²) in [6.45, 7) is 1.26. The molecule has 1 aliphatic rings. The lowest BCUT2D eigenvalue weighted by atomic mass is 9.92. The van der Waals surface area contributed by atoms with E-state index in [0.717, 1.165) is 18.2 Å². The van der Waals surface area contributed by atoms with Crippen LogP contribution in [0.25, 0.3) is 0 Å². The van der Waals surface area contributed by atoms with Crippen LogP contribution in [0.1, 0.15) is 15.9 Å². The fourth-order valence-corrected chi connectivity index (χ4v) is 3.70. The molecule has 0 atom stereocenters. The predicted molar refractivity (Wildman–Crippen MR) is 99.8 cm³/mol. The number of ether oxygens (including phenoxy) is 2. The number of sulfonamides is 1. The molecule has 1 aromatic carbocycles. The van der Waals surface area contributed by atoms with Gasteiger partial charge in [0, 0.05) is 18.7 Å². The smallest absolute Gasteiger partial charge is 0.254 e. The minimum Gasteiger partial charge on any atom is -0.493 e. The predicted octanol–water partition coefficient (Wildman–Crippen LogP) is 1.98. The van der Waals surface area contributed by atoms with E-state index >= 15 is 0 Å². The van der Waals surface area contributed by atoms with Crippen molar-refractivity contribution in [2.45, 2.75) is 6.42 Å². The van der Waals surface area contributed by atoms with Crippen molar-refractivity contribution in [3.63, 3.8) is 0 Å². The standard InChI is InChI=1S/C18H22N2O6S/c1-24-16-8-14(7-15(17(16)25-2)19-27(3,22)23)18(21)20-9-13(10-20)6-12-4-5-26-11-12/h4-5,7-8,11,13,19H,6,9-10H2,1-3H3. The van der Waals surface area contributed by atoms with Gasteiger partial charge in [-0.15, -0.1) is 0 Å². The summed E-state index contributed by atoms with van der Waals surface area (Å²) in [6.07, 6.45) is 5.23. The quantitative estimate of drug-likeness (QED) is 0.771. The minimum absolute atomic E-state index is 0.165. The highest BCUT2D eigenvalue weighted by Gasteiger charge is 2.32. The molecule has 2 aromatic rings. The van der Waals surface area contributed by atoms with Crippen LogP contribution in [0.4, 0.5) is 5.69 Å². The van der Waals surface area contributed by atoms with Crippen molar-refractivity contribution in [1.82, 2.24) is 4.90 Å². The number of carbonyl (C=O) groups is 1. The Morgan fingerprint density at radius 3 is 2.59 bits per heavy atom. The van der Waals surface area contributed by atoms with Crippen molar-refractivity contribution in [2.75, 3.05) is 38.3 Å². The number of hydrogen-bond donors (Lipinski definition) is 1. The van der Waals surface area contributed by atoms with E-state index in [4.69, 9.17) is 13.9 Å². The molecule has 0 aliphatic carbocycles. The second-order valence-electron chi connectivity index (χ2n) is 6.55. The molecule has 1 saturated heterocycles. The van der Waals surface area contributed by atoms with Crippen molar-refractivity contribution in [3.8, 4) is 11.5 Å². The van der Waals surface area contributed by atoms with Crippen molar-refractivity contribution in [1.29, 1.82) is 0 Å². The van der Waals surface area contributed by atoms with Crippen molar-refractivity contribution >= 4 is 21.6 Å². The number of furan rings is 1. The first kappa shape index (κ1) is 19.1. The molecule has 27 heavy (non-hydrogen) atoms. The Morgan fingerprint density at radius 1 is 1.30 bits per heavy atom. The van der Waals surface area contributed by atoms with Crippen LogP contribution >= 0.6 is 0 Å². The summed E-state index contributed by atoms with van der Waals surface area (Å²) in [7, 11) is -0.709. The van der Waals surface area contributed by atoms with Gasteiger partial charge in [-0.3, -0.25) is 9.52 Å². The van der Waals surface area contributed by atoms with E-state index in [9.17, 15) is 13.2 Å². The van der Waals surface area contributed by atoms with Gasteiger partial charge >= 0.3 is 0 Å². The molecule has 0 unspecified atom stereocenters. The number of carbonyl (C=O) groups excluding carboxylic acids is 1. The Labute approximate surface area is 158 Å². The van der Waals surface area contributed by atoms with E-state index in [1.54, 1.807) is 23.5 Å². The maximum atomic E-state index is 12.8. The molecule has 1 N–H and O–H groups in total. The molecule has 1 amide bonds. The van der Waals surface area contributed by atoms with Crippen LogP contribution in [0.15, 0.2) is 35.1 Å². The van der Waals surface area contributed by atoms with Gasteiger partial charge in [-0.25, -0.2) is 8.42 Å². The van der Waals surface area contributed by atoms with Crippen LogP contribution in [-0.4, -0.2) is 52.8 Å². The monoisotopic (exact) mass is 394 g/mol. The number of rotatable bonds is 7. The summed E-state index contributed by atoms with van der Waals surface area (Å²) in [6, 6.07) is 4.94. The van der Waals surface area contributed by atoms with E-state index in [2.05, 4.69) is 4.72 Å². The van der Waals surface area contributed by atoms with Gasteiger partial charge in [-0.05, 0) is 36.1 Å². The third-order valence-corrected chi connectivity index (χ3v) is 4.96. The molecule has 0 bridgehead atoms. The highest BCUT2D eigenvalue weighted by atomic mass is 32.2. The number of nitrogens with one attached hydrogen (secondary N) is 1. The highest BCUT2D eigenvalue weighted by molar-refractivity contribution is 7.92. The maximum absolute atomic E-state index is 12.8. The molecule has 9 heteroatoms. The summed E-state index contributed by atoms with van der Waals surface area (Å²) in [5.74, 6) is 0.696. The second kappa shape index (κ2) is 7.51. The summed E-state index contributed by atoms with van der Waals surface area (Å²) < 4.78 is 41.2. The van der Waals surface area contributed by atoms with Gasteiger partial charge < -0.3 is 18.8 Å². The molecule has 146 valence electrons. The van der Waals surface area contributed by atoms with Crippen molar-refractivity contribution in [3.05, 3.63) is 41.9 Å². The van der Waals surface area contributed by atoms with Crippen LogP contribution in [0, 0.1) is 5.92 Å². The molecule has 8 nitrogen and oxygen atoms in total. The van der Waals surface area contributed by atoms with Crippen LogP contribution in [0.3, 0.4) is 0 Å². The second-order valence-corrected chi connectivity index (χ2v) is 8.29. The van der Waals surface area contributed by atoms with Gasteiger partial charge in [0.2, 0.25) is 10.0 Å². The number of anilines is 1. The third kappa shape index (κ3) is 4.36. The number of hydrogen-bond acceptors (Lipinski definition) is 6. The Bertz CT molecular complexity index is 918. The lowest BCUT2D eigenvalue weighted by Crippen LogP contribution is -2.50. The van der Waals surface area contributed by atoms with Gasteiger partial charge in [0.15, 0.2) is 11.5 Å². The van der Waals surface area contributed by atoms with Gasteiger partial charge in [0.05, 0.1) is 38.7 Å².